The minimum Gasteiger partial charge on any atom is -0.481 e. The third kappa shape index (κ3) is 1.97. The van der Waals surface area contributed by atoms with Gasteiger partial charge in [-0.05, 0) is 17.1 Å². The average Bonchev–Trinajstić information content (AvgIpc) is 2.86. The summed E-state index contributed by atoms with van der Waals surface area (Å²) in [5, 5.41) is 9.72. The van der Waals surface area contributed by atoms with Crippen molar-refractivity contribution in [1.29, 1.82) is 0 Å². The first kappa shape index (κ1) is 15.1. The van der Waals surface area contributed by atoms with E-state index in [-0.39, 0.29) is 10.4 Å². The first-order chi connectivity index (χ1) is 9.28. The van der Waals surface area contributed by atoms with Crippen LogP contribution in [0.15, 0.2) is 34.8 Å². The first-order valence-electron chi connectivity index (χ1n) is 6.10. The molecule has 1 fully saturated rings. The van der Waals surface area contributed by atoms with Crippen molar-refractivity contribution in [2.75, 3.05) is 0 Å². The minimum atomic E-state index is -1.07. The molecule has 0 saturated heterocycles. The van der Waals surface area contributed by atoms with Crippen molar-refractivity contribution < 1.29 is 14.7 Å². The lowest BCUT2D eigenvalue weighted by Crippen LogP contribution is -2.26. The number of carbonyl (C=O) groups is 2. The Morgan fingerprint density at radius 2 is 1.80 bits per heavy atom. The fourth-order valence-electron chi connectivity index (χ4n) is 3.17. The highest BCUT2D eigenvalue weighted by Crippen LogP contribution is 2.70. The molecule has 0 aromatic heterocycles. The van der Waals surface area contributed by atoms with Crippen LogP contribution < -0.4 is 0 Å². The Morgan fingerprint density at radius 3 is 2.20 bits per heavy atom. The van der Waals surface area contributed by atoms with Gasteiger partial charge in [0.1, 0.15) is 16.2 Å². The van der Waals surface area contributed by atoms with Crippen molar-refractivity contribution in [2.24, 2.45) is 11.3 Å². The number of benzene rings is 1. The van der Waals surface area contributed by atoms with E-state index in [0.717, 1.165) is 6.29 Å². The van der Waals surface area contributed by atoms with Gasteiger partial charge >= 0.3 is 5.97 Å². The highest BCUT2D eigenvalue weighted by atomic mass is 35.5. The van der Waals surface area contributed by atoms with Crippen LogP contribution in [-0.4, -0.2) is 17.4 Å². The van der Waals surface area contributed by atoms with Crippen molar-refractivity contribution in [3.05, 3.63) is 46.0 Å². The normalized spacial score (nSPS) is 26.7. The quantitative estimate of drug-likeness (QED) is 0.860. The zero-order valence-corrected chi connectivity index (χ0v) is 12.6. The highest BCUT2D eigenvalue weighted by molar-refractivity contribution is 6.55. The van der Waals surface area contributed by atoms with E-state index in [0.29, 0.717) is 11.1 Å². The predicted molar refractivity (Wildman–Crippen MR) is 78.2 cm³/mol. The van der Waals surface area contributed by atoms with E-state index < -0.39 is 16.8 Å². The molecule has 0 heterocycles. The summed E-state index contributed by atoms with van der Waals surface area (Å²) < 4.78 is 0.0655. The van der Waals surface area contributed by atoms with Gasteiger partial charge in [0, 0.05) is 11.5 Å². The lowest BCUT2D eigenvalue weighted by atomic mass is 9.87. The molecule has 3 nitrogen and oxygen atoms in total. The molecule has 1 aliphatic rings. The number of carboxylic acid groups (broad SMARTS) is 1. The molecule has 0 radical (unpaired) electrons. The smallest absolute Gasteiger partial charge is 0.315 e. The molecule has 1 saturated carbocycles. The molecule has 1 aliphatic carbocycles. The number of aldehydes is 1. The van der Waals surface area contributed by atoms with E-state index in [2.05, 4.69) is 0 Å². The van der Waals surface area contributed by atoms with E-state index in [1.54, 1.807) is 30.3 Å². The van der Waals surface area contributed by atoms with Crippen LogP contribution in [0.25, 0.3) is 0 Å². The van der Waals surface area contributed by atoms with Crippen LogP contribution in [0, 0.1) is 11.3 Å². The second-order valence-electron chi connectivity index (χ2n) is 5.51. The summed E-state index contributed by atoms with van der Waals surface area (Å²) in [4.78, 5) is 22.6. The molecule has 1 aromatic carbocycles. The third-order valence-corrected chi connectivity index (χ3v) is 4.56. The van der Waals surface area contributed by atoms with Crippen molar-refractivity contribution >= 4 is 35.5 Å². The molecular weight excluding hydrogens is 299 g/mol. The Kier molecular flexibility index (Phi) is 3.69. The van der Waals surface area contributed by atoms with Crippen LogP contribution in [0.3, 0.4) is 0 Å². The van der Waals surface area contributed by atoms with Gasteiger partial charge in [0.2, 0.25) is 0 Å². The number of hydrogen-bond acceptors (Lipinski definition) is 2. The van der Waals surface area contributed by atoms with Gasteiger partial charge in [-0.2, -0.15) is 0 Å². The van der Waals surface area contributed by atoms with E-state index in [1.807, 2.05) is 13.8 Å². The zero-order valence-electron chi connectivity index (χ0n) is 11.1. The lowest BCUT2D eigenvalue weighted by molar-refractivity contribution is -0.141. The predicted octanol–water partition coefficient (Wildman–Crippen LogP) is 3.80. The number of rotatable bonds is 4. The maximum Gasteiger partial charge on any atom is 0.315 e. The van der Waals surface area contributed by atoms with Gasteiger partial charge in [-0.15, -0.1) is 0 Å². The fraction of sp³-hybridized carbons (Fsp3) is 0.333. The minimum absolute atomic E-state index is 0.0655. The molecule has 0 aliphatic heterocycles. The van der Waals surface area contributed by atoms with Gasteiger partial charge in [-0.25, -0.2) is 0 Å². The Bertz CT molecular complexity index is 586. The molecule has 5 heteroatoms. The van der Waals surface area contributed by atoms with Crippen LogP contribution >= 0.6 is 23.2 Å². The first-order valence-corrected chi connectivity index (χ1v) is 6.86. The third-order valence-electron chi connectivity index (χ3n) is 4.31. The van der Waals surface area contributed by atoms with E-state index >= 15 is 0 Å². The van der Waals surface area contributed by atoms with Crippen molar-refractivity contribution in [1.82, 2.24) is 0 Å². The molecule has 1 N–H and O–H groups in total. The van der Waals surface area contributed by atoms with Gasteiger partial charge in [0.15, 0.2) is 0 Å². The number of carboxylic acids is 1. The van der Waals surface area contributed by atoms with E-state index in [1.165, 1.54) is 0 Å². The largest absolute Gasteiger partial charge is 0.481 e. The number of allylic oxidation sites excluding steroid dienone is 1. The number of carbonyl (C=O) groups excluding carboxylic acids is 1. The zero-order chi connectivity index (χ0) is 15.1. The second kappa shape index (κ2) is 4.90. The second-order valence-corrected chi connectivity index (χ2v) is 6.52. The molecule has 1 aromatic rings. The van der Waals surface area contributed by atoms with Crippen LogP contribution in [0.4, 0.5) is 0 Å². The van der Waals surface area contributed by atoms with Gasteiger partial charge < -0.3 is 5.11 Å². The number of hydrogen-bond donors (Lipinski definition) is 1. The molecule has 2 atom stereocenters. The Balaban J connectivity index is 2.54. The number of aliphatic carboxylic acids is 1. The monoisotopic (exact) mass is 312 g/mol. The van der Waals surface area contributed by atoms with Gasteiger partial charge in [-0.3, -0.25) is 9.59 Å². The standard InChI is InChI=1S/C15H14Cl2O3/c1-14(2)11(7-12(16)17)15(14,13(19)20)10-5-3-9(8-18)4-6-10/h3-8,11H,1-2H3,(H,19,20). The SMILES string of the molecule is CC1(C)C(C=C(Cl)Cl)C1(C(=O)O)c1ccc(C=O)cc1. The molecule has 20 heavy (non-hydrogen) atoms. The Hall–Kier alpha value is -1.32. The summed E-state index contributed by atoms with van der Waals surface area (Å²) in [6.07, 6.45) is 2.30. The molecule has 2 rings (SSSR count). The van der Waals surface area contributed by atoms with Gasteiger partial charge in [0.05, 0.1) is 0 Å². The van der Waals surface area contributed by atoms with Crippen molar-refractivity contribution in [3.8, 4) is 0 Å². The van der Waals surface area contributed by atoms with Crippen LogP contribution in [0.2, 0.25) is 0 Å². The molecule has 2 unspecified atom stereocenters. The van der Waals surface area contributed by atoms with Crippen molar-refractivity contribution in [2.45, 2.75) is 19.3 Å². The summed E-state index contributed by atoms with van der Waals surface area (Å²) in [5.74, 6) is -1.21. The lowest BCUT2D eigenvalue weighted by Gasteiger charge is -2.16. The van der Waals surface area contributed by atoms with Crippen LogP contribution in [0.1, 0.15) is 29.8 Å². The van der Waals surface area contributed by atoms with E-state index in [4.69, 9.17) is 23.2 Å². The molecule has 0 spiro atoms. The van der Waals surface area contributed by atoms with Crippen molar-refractivity contribution in [3.63, 3.8) is 0 Å². The summed E-state index contributed by atoms with van der Waals surface area (Å²) in [7, 11) is 0. The van der Waals surface area contributed by atoms with Crippen LogP contribution in [0.5, 0.6) is 0 Å². The Labute approximate surface area is 127 Å². The molecule has 0 amide bonds. The van der Waals surface area contributed by atoms with Gasteiger partial charge in [0.25, 0.3) is 0 Å². The topological polar surface area (TPSA) is 54.4 Å². The Morgan fingerprint density at radius 1 is 1.25 bits per heavy atom. The summed E-state index contributed by atoms with van der Waals surface area (Å²) in [5.41, 5.74) is -0.411. The average molecular weight is 313 g/mol. The summed E-state index contributed by atoms with van der Waals surface area (Å²) in [6.45, 7) is 3.74. The molecule has 106 valence electrons. The number of halogens is 2. The molecular formula is C15H14Cl2O3. The van der Waals surface area contributed by atoms with Crippen LogP contribution in [-0.2, 0) is 10.2 Å². The molecule has 0 bridgehead atoms. The summed E-state index contributed by atoms with van der Waals surface area (Å²) >= 11 is 11.4. The fourth-order valence-corrected chi connectivity index (χ4v) is 3.42. The van der Waals surface area contributed by atoms with E-state index in [9.17, 15) is 14.7 Å². The summed E-state index contributed by atoms with van der Waals surface area (Å²) in [6, 6.07) is 6.58. The maximum atomic E-state index is 11.9. The maximum absolute atomic E-state index is 11.9. The van der Waals surface area contributed by atoms with Gasteiger partial charge in [-0.1, -0.05) is 61.3 Å². The highest BCUT2D eigenvalue weighted by Gasteiger charge is 2.75.